The molecule has 1 aromatic heterocycles. The van der Waals surface area contributed by atoms with E-state index >= 15 is 0 Å². The van der Waals surface area contributed by atoms with Crippen molar-refractivity contribution in [3.63, 3.8) is 0 Å². The van der Waals surface area contributed by atoms with Crippen molar-refractivity contribution in [2.24, 2.45) is 0 Å². The van der Waals surface area contributed by atoms with Crippen LogP contribution in [0, 0.1) is 5.82 Å². The maximum atomic E-state index is 13.7. The molecule has 2 N–H and O–H groups in total. The fourth-order valence-corrected chi connectivity index (χ4v) is 4.38. The quantitative estimate of drug-likeness (QED) is 0.467. The number of halogens is 1. The molecule has 0 spiro atoms. The van der Waals surface area contributed by atoms with E-state index in [1.165, 1.54) is 34.1 Å². The number of nitrogens with zero attached hydrogens (tertiary/aromatic N) is 3. The minimum absolute atomic E-state index is 0.0480. The molecular weight excluding hydrogens is 437 g/mol. The Morgan fingerprint density at radius 3 is 2.55 bits per heavy atom. The molecule has 0 radical (unpaired) electrons. The maximum Gasteiger partial charge on any atom is 0.243 e. The van der Waals surface area contributed by atoms with E-state index in [0.717, 1.165) is 17.7 Å². The lowest BCUT2D eigenvalue weighted by Gasteiger charge is -2.17. The third-order valence-electron chi connectivity index (χ3n) is 4.32. The summed E-state index contributed by atoms with van der Waals surface area (Å²) in [5, 5.41) is 14.1. The summed E-state index contributed by atoms with van der Waals surface area (Å²) in [5.41, 5.74) is 2.10. The van der Waals surface area contributed by atoms with Crippen LogP contribution >= 0.6 is 23.1 Å². The number of rotatable bonds is 9. The number of thioether (sulfide) groups is 1. The van der Waals surface area contributed by atoms with Gasteiger partial charge in [0.15, 0.2) is 4.34 Å². The Labute approximate surface area is 188 Å². The molecule has 0 aliphatic heterocycles. The minimum Gasteiger partial charge on any atom is -0.336 e. The zero-order valence-corrected chi connectivity index (χ0v) is 18.7. The van der Waals surface area contributed by atoms with Crippen LogP contribution < -0.4 is 10.6 Å². The number of aromatic nitrogens is 2. The van der Waals surface area contributed by atoms with Crippen LogP contribution in [0.15, 0.2) is 52.9 Å². The lowest BCUT2D eigenvalue weighted by atomic mass is 10.1. The molecule has 0 saturated heterocycles. The second kappa shape index (κ2) is 10.9. The van der Waals surface area contributed by atoms with Gasteiger partial charge in [-0.05, 0) is 30.2 Å². The van der Waals surface area contributed by atoms with Crippen LogP contribution in [0.4, 0.5) is 20.9 Å². The highest BCUT2D eigenvalue weighted by Gasteiger charge is 2.16. The normalized spacial score (nSPS) is 10.5. The number of hydrogen-bond donors (Lipinski definition) is 2. The van der Waals surface area contributed by atoms with Gasteiger partial charge in [0.2, 0.25) is 16.9 Å². The van der Waals surface area contributed by atoms with Gasteiger partial charge in [-0.1, -0.05) is 60.4 Å². The van der Waals surface area contributed by atoms with E-state index in [4.69, 9.17) is 0 Å². The Hall–Kier alpha value is -2.98. The Morgan fingerprint density at radius 1 is 1.10 bits per heavy atom. The summed E-state index contributed by atoms with van der Waals surface area (Å²) in [6.45, 7) is 1.97. The van der Waals surface area contributed by atoms with Gasteiger partial charge in [0.1, 0.15) is 5.82 Å². The molecule has 162 valence electrons. The summed E-state index contributed by atoms with van der Waals surface area (Å²) in [4.78, 5) is 26.1. The Bertz CT molecular complexity index is 1060. The van der Waals surface area contributed by atoms with E-state index in [1.54, 1.807) is 25.2 Å². The number of benzene rings is 2. The first kappa shape index (κ1) is 22.7. The molecule has 0 atom stereocenters. The lowest BCUT2D eigenvalue weighted by Crippen LogP contribution is -2.36. The number of anilines is 3. The Morgan fingerprint density at radius 2 is 1.81 bits per heavy atom. The zero-order chi connectivity index (χ0) is 22.2. The fraction of sp³-hybridized carbons (Fsp3) is 0.238. The van der Waals surface area contributed by atoms with Gasteiger partial charge in [-0.25, -0.2) is 4.39 Å². The van der Waals surface area contributed by atoms with Crippen LogP contribution in [0.1, 0.15) is 12.5 Å². The third-order valence-corrected chi connectivity index (χ3v) is 6.28. The standard InChI is InChI=1S/C21H22FN5O2S2/c1-3-14-8-4-6-10-16(14)23-18(28)12-27(2)19(29)13-30-21-26-25-20(31-21)24-17-11-7-5-9-15(17)22/h4-11H,3,12-13H2,1-2H3,(H,23,28)(H,24,25). The van der Waals surface area contributed by atoms with E-state index in [-0.39, 0.29) is 29.9 Å². The predicted molar refractivity (Wildman–Crippen MR) is 122 cm³/mol. The topological polar surface area (TPSA) is 87.2 Å². The molecule has 0 saturated carbocycles. The first-order valence-corrected chi connectivity index (χ1v) is 11.4. The lowest BCUT2D eigenvalue weighted by molar-refractivity contribution is -0.131. The fourth-order valence-electron chi connectivity index (χ4n) is 2.67. The van der Waals surface area contributed by atoms with Crippen molar-refractivity contribution >= 4 is 51.4 Å². The van der Waals surface area contributed by atoms with Gasteiger partial charge in [-0.15, -0.1) is 10.2 Å². The summed E-state index contributed by atoms with van der Waals surface area (Å²) >= 11 is 2.44. The minimum atomic E-state index is -0.386. The first-order chi connectivity index (χ1) is 15.0. The van der Waals surface area contributed by atoms with Crippen LogP contribution in [0.25, 0.3) is 0 Å². The Balaban J connectivity index is 1.47. The molecular formula is C21H22FN5O2S2. The number of carbonyl (C=O) groups excluding carboxylic acids is 2. The molecule has 1 heterocycles. The van der Waals surface area contributed by atoms with E-state index in [2.05, 4.69) is 20.8 Å². The smallest absolute Gasteiger partial charge is 0.243 e. The van der Waals surface area contributed by atoms with Gasteiger partial charge in [0.25, 0.3) is 0 Å². The molecule has 3 rings (SSSR count). The van der Waals surface area contributed by atoms with Crippen LogP contribution in [0.2, 0.25) is 0 Å². The monoisotopic (exact) mass is 459 g/mol. The predicted octanol–water partition coefficient (Wildman–Crippen LogP) is 4.17. The van der Waals surface area contributed by atoms with Crippen molar-refractivity contribution in [1.82, 2.24) is 15.1 Å². The summed E-state index contributed by atoms with van der Waals surface area (Å²) in [7, 11) is 1.58. The van der Waals surface area contributed by atoms with Crippen molar-refractivity contribution in [2.45, 2.75) is 17.7 Å². The van der Waals surface area contributed by atoms with Crippen LogP contribution in [0.3, 0.4) is 0 Å². The number of likely N-dealkylation sites (N-methyl/N-ethyl adjacent to an activating group) is 1. The number of carbonyl (C=O) groups is 2. The number of amides is 2. The molecule has 0 aliphatic carbocycles. The molecule has 0 aliphatic rings. The highest BCUT2D eigenvalue weighted by atomic mass is 32.2. The van der Waals surface area contributed by atoms with E-state index in [9.17, 15) is 14.0 Å². The van der Waals surface area contributed by atoms with Crippen molar-refractivity contribution in [1.29, 1.82) is 0 Å². The van der Waals surface area contributed by atoms with Gasteiger partial charge in [0.05, 0.1) is 18.0 Å². The van der Waals surface area contributed by atoms with Crippen LogP contribution in [-0.4, -0.2) is 46.3 Å². The van der Waals surface area contributed by atoms with Crippen molar-refractivity contribution in [2.75, 3.05) is 30.0 Å². The van der Waals surface area contributed by atoms with E-state index < -0.39 is 0 Å². The molecule has 7 nitrogen and oxygen atoms in total. The molecule has 10 heteroatoms. The number of para-hydroxylation sites is 2. The maximum absolute atomic E-state index is 13.7. The van der Waals surface area contributed by atoms with Crippen molar-refractivity contribution in [3.05, 3.63) is 59.9 Å². The molecule has 0 bridgehead atoms. The first-order valence-electron chi connectivity index (χ1n) is 9.56. The van der Waals surface area contributed by atoms with Gasteiger partial charge in [-0.2, -0.15) is 0 Å². The molecule has 0 unspecified atom stereocenters. The second-order valence-corrected chi connectivity index (χ2v) is 8.78. The molecule has 2 aromatic carbocycles. The molecule has 3 aromatic rings. The van der Waals surface area contributed by atoms with Gasteiger partial charge in [-0.3, -0.25) is 9.59 Å². The van der Waals surface area contributed by atoms with Crippen LogP contribution in [-0.2, 0) is 16.0 Å². The summed E-state index contributed by atoms with van der Waals surface area (Å²) < 4.78 is 14.3. The summed E-state index contributed by atoms with van der Waals surface area (Å²) in [6, 6.07) is 13.9. The van der Waals surface area contributed by atoms with Gasteiger partial charge in [0, 0.05) is 12.7 Å². The largest absolute Gasteiger partial charge is 0.336 e. The average Bonchev–Trinajstić information content (AvgIpc) is 3.21. The van der Waals surface area contributed by atoms with Crippen molar-refractivity contribution < 1.29 is 14.0 Å². The molecule has 2 amide bonds. The van der Waals surface area contributed by atoms with Crippen molar-refractivity contribution in [3.8, 4) is 0 Å². The third kappa shape index (κ3) is 6.50. The Kier molecular flexibility index (Phi) is 7.96. The molecule has 31 heavy (non-hydrogen) atoms. The number of hydrogen-bond acceptors (Lipinski definition) is 7. The summed E-state index contributed by atoms with van der Waals surface area (Å²) in [5.74, 6) is -0.732. The zero-order valence-electron chi connectivity index (χ0n) is 17.1. The van der Waals surface area contributed by atoms with E-state index in [1.807, 2.05) is 31.2 Å². The highest BCUT2D eigenvalue weighted by Crippen LogP contribution is 2.28. The average molecular weight is 460 g/mol. The number of nitrogens with one attached hydrogen (secondary N) is 2. The van der Waals surface area contributed by atoms with Crippen LogP contribution in [0.5, 0.6) is 0 Å². The highest BCUT2D eigenvalue weighted by molar-refractivity contribution is 8.01. The molecule has 0 fully saturated rings. The second-order valence-electron chi connectivity index (χ2n) is 6.58. The number of aryl methyl sites for hydroxylation is 1. The SMILES string of the molecule is CCc1ccccc1NC(=O)CN(C)C(=O)CSc1nnc(Nc2ccccc2F)s1. The van der Waals surface area contributed by atoms with Gasteiger partial charge < -0.3 is 15.5 Å². The summed E-state index contributed by atoms with van der Waals surface area (Å²) in [6.07, 6.45) is 0.803. The van der Waals surface area contributed by atoms with Gasteiger partial charge >= 0.3 is 0 Å². The van der Waals surface area contributed by atoms with E-state index in [0.29, 0.717) is 15.2 Å².